The first kappa shape index (κ1) is 19.0. The maximum atomic E-state index is 12.8. The summed E-state index contributed by atoms with van der Waals surface area (Å²) in [4.78, 5) is 42.9. The maximum absolute atomic E-state index is 12.8. The number of likely N-dealkylation sites (tertiary alicyclic amines) is 1. The van der Waals surface area contributed by atoms with E-state index >= 15 is 0 Å². The molecule has 2 aromatic carbocycles. The predicted molar refractivity (Wildman–Crippen MR) is 111 cm³/mol. The normalized spacial score (nSPS) is 16.0. The molecular weight excluding hydrogens is 368 g/mol. The minimum Gasteiger partial charge on any atom is -0.341 e. The van der Waals surface area contributed by atoms with E-state index in [1.165, 1.54) is 9.80 Å². The van der Waals surface area contributed by atoms with Gasteiger partial charge in [-0.1, -0.05) is 42.5 Å². The number of para-hydroxylation sites is 2. The van der Waals surface area contributed by atoms with Crippen molar-refractivity contribution >= 4 is 29.2 Å². The second kappa shape index (κ2) is 8.34. The van der Waals surface area contributed by atoms with Gasteiger partial charge in [0.05, 0.1) is 11.4 Å². The Morgan fingerprint density at radius 3 is 2.28 bits per heavy atom. The minimum atomic E-state index is -0.333. The zero-order chi connectivity index (χ0) is 20.2. The third-order valence-electron chi connectivity index (χ3n) is 5.34. The summed E-state index contributed by atoms with van der Waals surface area (Å²) in [6.07, 6.45) is 2.01. The molecule has 4 amide bonds. The van der Waals surface area contributed by atoms with Crippen LogP contribution in [0.15, 0.2) is 54.6 Å². The van der Waals surface area contributed by atoms with Gasteiger partial charge >= 0.3 is 6.03 Å². The van der Waals surface area contributed by atoms with Gasteiger partial charge < -0.3 is 10.2 Å². The fraction of sp³-hybridized carbons (Fsp3) is 0.318. The molecule has 29 heavy (non-hydrogen) atoms. The molecule has 4 rings (SSSR count). The largest absolute Gasteiger partial charge is 0.341 e. The molecule has 1 N–H and O–H groups in total. The highest BCUT2D eigenvalue weighted by atomic mass is 16.2. The van der Waals surface area contributed by atoms with Crippen LogP contribution in [0.4, 0.5) is 16.2 Å². The van der Waals surface area contributed by atoms with Crippen molar-refractivity contribution in [2.45, 2.75) is 19.4 Å². The van der Waals surface area contributed by atoms with Crippen LogP contribution >= 0.6 is 0 Å². The van der Waals surface area contributed by atoms with Crippen LogP contribution in [0.3, 0.4) is 0 Å². The van der Waals surface area contributed by atoms with Crippen molar-refractivity contribution in [2.24, 2.45) is 0 Å². The Labute approximate surface area is 169 Å². The zero-order valence-electron chi connectivity index (χ0n) is 16.2. The van der Waals surface area contributed by atoms with Gasteiger partial charge in [0.2, 0.25) is 11.8 Å². The topological polar surface area (TPSA) is 73.0 Å². The number of hydrogen-bond acceptors (Lipinski definition) is 3. The number of fused-ring (bicyclic) bond motifs is 1. The molecule has 0 unspecified atom stereocenters. The van der Waals surface area contributed by atoms with E-state index in [2.05, 4.69) is 5.32 Å². The number of hydrogen-bond donors (Lipinski definition) is 1. The number of carbonyl (C=O) groups excluding carboxylic acids is 3. The third-order valence-corrected chi connectivity index (χ3v) is 5.34. The Kier molecular flexibility index (Phi) is 5.46. The Balaban J connectivity index is 1.50. The lowest BCUT2D eigenvalue weighted by atomic mass is 10.1. The molecule has 7 nitrogen and oxygen atoms in total. The van der Waals surface area contributed by atoms with Gasteiger partial charge in [0.25, 0.3) is 0 Å². The van der Waals surface area contributed by atoms with Crippen LogP contribution < -0.4 is 15.1 Å². The lowest BCUT2D eigenvalue weighted by Crippen LogP contribution is -2.53. The van der Waals surface area contributed by atoms with E-state index in [1.54, 1.807) is 17.0 Å². The smallest absolute Gasteiger partial charge is 0.322 e. The SMILES string of the molecule is O=C(CN1C(=O)CN(C(=O)NCc2ccccc2)c2ccccc21)N1CCCC1. The standard InChI is InChI=1S/C22H24N4O3/c27-20(24-12-6-7-13-24)15-25-18-10-4-5-11-19(18)26(16-21(25)28)22(29)23-14-17-8-2-1-3-9-17/h1-5,8-11H,6-7,12-16H2,(H,23,29). The van der Waals surface area contributed by atoms with Gasteiger partial charge in [-0.15, -0.1) is 0 Å². The van der Waals surface area contributed by atoms with E-state index in [9.17, 15) is 14.4 Å². The molecule has 0 spiro atoms. The van der Waals surface area contributed by atoms with Gasteiger partial charge in [0, 0.05) is 19.6 Å². The molecule has 1 saturated heterocycles. The summed E-state index contributed by atoms with van der Waals surface area (Å²) in [5.74, 6) is -0.307. The Morgan fingerprint density at radius 2 is 1.55 bits per heavy atom. The van der Waals surface area contributed by atoms with Crippen molar-refractivity contribution in [1.29, 1.82) is 0 Å². The predicted octanol–water partition coefficient (Wildman–Crippen LogP) is 2.37. The van der Waals surface area contributed by atoms with E-state index in [0.29, 0.717) is 17.9 Å². The number of benzene rings is 2. The van der Waals surface area contributed by atoms with Crippen molar-refractivity contribution in [2.75, 3.05) is 36.0 Å². The van der Waals surface area contributed by atoms with Crippen LogP contribution in [0.2, 0.25) is 0 Å². The molecule has 0 bridgehead atoms. The van der Waals surface area contributed by atoms with Gasteiger partial charge in [-0.2, -0.15) is 0 Å². The molecule has 150 valence electrons. The van der Waals surface area contributed by atoms with Gasteiger partial charge in [0.1, 0.15) is 13.1 Å². The van der Waals surface area contributed by atoms with Crippen molar-refractivity contribution in [1.82, 2.24) is 10.2 Å². The molecule has 1 fully saturated rings. The molecule has 2 aliphatic heterocycles. The van der Waals surface area contributed by atoms with E-state index in [1.807, 2.05) is 42.5 Å². The van der Waals surface area contributed by atoms with Crippen molar-refractivity contribution < 1.29 is 14.4 Å². The number of carbonyl (C=O) groups is 3. The zero-order valence-corrected chi connectivity index (χ0v) is 16.2. The summed E-state index contributed by atoms with van der Waals surface area (Å²) >= 11 is 0. The Hall–Kier alpha value is -3.35. The molecule has 2 aliphatic rings. The summed E-state index contributed by atoms with van der Waals surface area (Å²) in [5.41, 5.74) is 2.20. The molecule has 0 saturated carbocycles. The van der Waals surface area contributed by atoms with E-state index in [-0.39, 0.29) is 30.9 Å². The monoisotopic (exact) mass is 392 g/mol. The van der Waals surface area contributed by atoms with Gasteiger partial charge in [-0.3, -0.25) is 19.4 Å². The summed E-state index contributed by atoms with van der Waals surface area (Å²) in [6.45, 7) is 1.79. The highest BCUT2D eigenvalue weighted by Crippen LogP contribution is 2.33. The lowest BCUT2D eigenvalue weighted by molar-refractivity contribution is -0.130. The first-order valence-electron chi connectivity index (χ1n) is 9.90. The van der Waals surface area contributed by atoms with Crippen LogP contribution in [-0.4, -0.2) is 48.9 Å². The van der Waals surface area contributed by atoms with E-state index in [0.717, 1.165) is 31.5 Å². The molecule has 7 heteroatoms. The van der Waals surface area contributed by atoms with Crippen LogP contribution in [0.5, 0.6) is 0 Å². The van der Waals surface area contributed by atoms with Crippen LogP contribution in [-0.2, 0) is 16.1 Å². The fourth-order valence-electron chi connectivity index (χ4n) is 3.79. The third kappa shape index (κ3) is 4.08. The molecule has 0 aromatic heterocycles. The lowest BCUT2D eigenvalue weighted by Gasteiger charge is -2.36. The van der Waals surface area contributed by atoms with Crippen LogP contribution in [0.25, 0.3) is 0 Å². The van der Waals surface area contributed by atoms with Gasteiger partial charge in [-0.05, 0) is 30.5 Å². The average Bonchev–Trinajstić information content (AvgIpc) is 3.29. The van der Waals surface area contributed by atoms with Crippen LogP contribution in [0.1, 0.15) is 18.4 Å². The van der Waals surface area contributed by atoms with E-state index < -0.39 is 0 Å². The van der Waals surface area contributed by atoms with Crippen molar-refractivity contribution in [3.63, 3.8) is 0 Å². The summed E-state index contributed by atoms with van der Waals surface area (Å²) < 4.78 is 0. The number of anilines is 2. The maximum Gasteiger partial charge on any atom is 0.322 e. The van der Waals surface area contributed by atoms with Crippen molar-refractivity contribution in [3.05, 3.63) is 60.2 Å². The second-order valence-corrected chi connectivity index (χ2v) is 7.29. The van der Waals surface area contributed by atoms with Gasteiger partial charge in [0.15, 0.2) is 0 Å². The molecule has 0 radical (unpaired) electrons. The number of urea groups is 1. The Bertz CT molecular complexity index is 909. The molecule has 2 aromatic rings. The summed E-state index contributed by atoms with van der Waals surface area (Å²) in [7, 11) is 0. The van der Waals surface area contributed by atoms with E-state index in [4.69, 9.17) is 0 Å². The first-order valence-corrected chi connectivity index (χ1v) is 9.90. The molecule has 0 atom stereocenters. The summed E-state index contributed by atoms with van der Waals surface area (Å²) in [5, 5.41) is 2.87. The van der Waals surface area contributed by atoms with Crippen LogP contribution in [0, 0.1) is 0 Å². The number of nitrogens with one attached hydrogen (secondary N) is 1. The number of amides is 4. The number of rotatable bonds is 4. The first-order chi connectivity index (χ1) is 14.1. The fourth-order valence-corrected chi connectivity index (χ4v) is 3.79. The Morgan fingerprint density at radius 1 is 0.897 bits per heavy atom. The number of nitrogens with zero attached hydrogens (tertiary/aromatic N) is 3. The molecule has 2 heterocycles. The molecule has 0 aliphatic carbocycles. The minimum absolute atomic E-state index is 0.00925. The molecular formula is C22H24N4O3. The second-order valence-electron chi connectivity index (χ2n) is 7.29. The van der Waals surface area contributed by atoms with Crippen molar-refractivity contribution in [3.8, 4) is 0 Å². The average molecular weight is 392 g/mol. The highest BCUT2D eigenvalue weighted by molar-refractivity contribution is 6.12. The highest BCUT2D eigenvalue weighted by Gasteiger charge is 2.34. The summed E-state index contributed by atoms with van der Waals surface area (Å²) in [6, 6.07) is 16.5. The quantitative estimate of drug-likeness (QED) is 0.868. The van der Waals surface area contributed by atoms with Gasteiger partial charge in [-0.25, -0.2) is 4.79 Å².